The molecule has 0 aliphatic heterocycles. The summed E-state index contributed by atoms with van der Waals surface area (Å²) in [4.78, 5) is 5.27. The van der Waals surface area contributed by atoms with Gasteiger partial charge in [-0.3, -0.25) is 0 Å². The van der Waals surface area contributed by atoms with Gasteiger partial charge in [-0.2, -0.15) is 0 Å². The molecule has 0 aromatic carbocycles. The largest absolute Gasteiger partial charge is 0.389 e. The van der Waals surface area contributed by atoms with Crippen molar-refractivity contribution in [3.63, 3.8) is 0 Å². The van der Waals surface area contributed by atoms with Crippen LogP contribution in [0.2, 0.25) is 0 Å². The first-order valence-corrected chi connectivity index (χ1v) is 7.16. The highest BCUT2D eigenvalue weighted by molar-refractivity contribution is 14.1. The second kappa shape index (κ2) is 6.48. The molecule has 0 fully saturated rings. The van der Waals surface area contributed by atoms with E-state index in [0.717, 1.165) is 3.83 Å². The van der Waals surface area contributed by atoms with Crippen LogP contribution in [0.15, 0.2) is 29.9 Å². The number of thiophene rings is 1. The van der Waals surface area contributed by atoms with Gasteiger partial charge in [0.1, 0.15) is 0 Å². The molecule has 0 aliphatic rings. The number of halogens is 1. The Balaban J connectivity index is 1.71. The third kappa shape index (κ3) is 4.06. The van der Waals surface area contributed by atoms with E-state index in [2.05, 4.69) is 27.6 Å². The Kier molecular flexibility index (Phi) is 4.96. The second-order valence-corrected chi connectivity index (χ2v) is 5.59. The van der Waals surface area contributed by atoms with Gasteiger partial charge in [0.15, 0.2) is 3.83 Å². The number of hydrogen-bond donors (Lipinski definition) is 1. The molecule has 2 heterocycles. The molecule has 92 valence electrons. The van der Waals surface area contributed by atoms with Crippen molar-refractivity contribution in [2.75, 3.05) is 6.61 Å². The van der Waals surface area contributed by atoms with Crippen molar-refractivity contribution in [1.29, 1.82) is 0 Å². The molecule has 0 saturated carbocycles. The first-order valence-electron chi connectivity index (χ1n) is 5.20. The number of imidazole rings is 1. The highest BCUT2D eigenvalue weighted by Crippen LogP contribution is 2.10. The lowest BCUT2D eigenvalue weighted by Gasteiger charge is -2.12. The van der Waals surface area contributed by atoms with Crippen LogP contribution in [-0.4, -0.2) is 27.4 Å². The summed E-state index contributed by atoms with van der Waals surface area (Å²) in [6.45, 7) is 1.42. The van der Waals surface area contributed by atoms with Crippen molar-refractivity contribution in [1.82, 2.24) is 9.55 Å². The van der Waals surface area contributed by atoms with Crippen LogP contribution in [0.3, 0.4) is 0 Å². The lowest BCUT2D eigenvalue weighted by atomic mass is 10.4. The van der Waals surface area contributed by atoms with Crippen LogP contribution < -0.4 is 0 Å². The smallest absolute Gasteiger partial charge is 0.171 e. The maximum absolute atomic E-state index is 9.80. The van der Waals surface area contributed by atoms with Crippen LogP contribution in [0.5, 0.6) is 0 Å². The van der Waals surface area contributed by atoms with Gasteiger partial charge in [-0.15, -0.1) is 11.3 Å². The van der Waals surface area contributed by atoms with Crippen LogP contribution in [0.1, 0.15) is 4.88 Å². The van der Waals surface area contributed by atoms with Gasteiger partial charge in [0.2, 0.25) is 0 Å². The van der Waals surface area contributed by atoms with E-state index in [-0.39, 0.29) is 0 Å². The summed E-state index contributed by atoms with van der Waals surface area (Å²) in [7, 11) is 0. The minimum absolute atomic E-state index is 0.339. The molecule has 2 rings (SSSR count). The minimum Gasteiger partial charge on any atom is -0.389 e. The number of aliphatic hydroxyl groups is 1. The molecule has 0 bridgehead atoms. The van der Waals surface area contributed by atoms with Gasteiger partial charge in [-0.25, -0.2) is 4.98 Å². The second-order valence-electron chi connectivity index (χ2n) is 3.60. The molecule has 2 aromatic rings. The van der Waals surface area contributed by atoms with Gasteiger partial charge in [0, 0.05) is 17.3 Å². The zero-order valence-electron chi connectivity index (χ0n) is 9.12. The summed E-state index contributed by atoms with van der Waals surface area (Å²) in [5.41, 5.74) is 0. The molecule has 2 aromatic heterocycles. The van der Waals surface area contributed by atoms with Crippen LogP contribution >= 0.6 is 33.9 Å². The summed E-state index contributed by atoms with van der Waals surface area (Å²) < 4.78 is 8.23. The Morgan fingerprint density at radius 2 is 2.47 bits per heavy atom. The van der Waals surface area contributed by atoms with Crippen LogP contribution in [0, 0.1) is 3.83 Å². The quantitative estimate of drug-likeness (QED) is 0.799. The zero-order chi connectivity index (χ0) is 12.1. The Bertz CT molecular complexity index is 444. The summed E-state index contributed by atoms with van der Waals surface area (Å²) in [5, 5.41) is 11.8. The lowest BCUT2D eigenvalue weighted by Crippen LogP contribution is -2.22. The van der Waals surface area contributed by atoms with Gasteiger partial charge in [-0.05, 0) is 34.0 Å². The van der Waals surface area contributed by atoms with Crippen molar-refractivity contribution in [2.45, 2.75) is 19.3 Å². The van der Waals surface area contributed by atoms with E-state index in [1.54, 1.807) is 17.5 Å². The van der Waals surface area contributed by atoms with Crippen molar-refractivity contribution in [3.8, 4) is 0 Å². The van der Waals surface area contributed by atoms with Gasteiger partial charge in [0.05, 0.1) is 25.9 Å². The Hall–Kier alpha value is -0.440. The van der Waals surface area contributed by atoms with Crippen molar-refractivity contribution >= 4 is 33.9 Å². The normalized spacial score (nSPS) is 12.8. The van der Waals surface area contributed by atoms with E-state index in [0.29, 0.717) is 19.8 Å². The highest BCUT2D eigenvalue weighted by Gasteiger charge is 2.07. The molecule has 0 aliphatic carbocycles. The lowest BCUT2D eigenvalue weighted by molar-refractivity contribution is 0.0209. The summed E-state index contributed by atoms with van der Waals surface area (Å²) in [6.07, 6.45) is 3.07. The SMILES string of the molecule is OC(COCc1cccs1)Cn1ccnc1I. The minimum atomic E-state index is -0.502. The molecule has 1 unspecified atom stereocenters. The highest BCUT2D eigenvalue weighted by atomic mass is 127. The Morgan fingerprint density at radius 1 is 1.59 bits per heavy atom. The fourth-order valence-electron chi connectivity index (χ4n) is 1.42. The summed E-state index contributed by atoms with van der Waals surface area (Å²) in [6, 6.07) is 4.02. The molecule has 0 spiro atoms. The number of ether oxygens (including phenoxy) is 1. The standard InChI is InChI=1S/C11H13IN2O2S/c12-11-13-3-4-14(11)6-9(15)7-16-8-10-2-1-5-17-10/h1-5,9,15H,6-8H2. The third-order valence-electron chi connectivity index (χ3n) is 2.21. The van der Waals surface area contributed by atoms with Gasteiger partial charge in [-0.1, -0.05) is 6.07 Å². The van der Waals surface area contributed by atoms with Crippen LogP contribution in [0.25, 0.3) is 0 Å². The van der Waals surface area contributed by atoms with Gasteiger partial charge in [0.25, 0.3) is 0 Å². The monoisotopic (exact) mass is 364 g/mol. The molecule has 0 radical (unpaired) electrons. The third-order valence-corrected chi connectivity index (χ3v) is 3.95. The Morgan fingerprint density at radius 3 is 3.12 bits per heavy atom. The van der Waals surface area contributed by atoms with E-state index >= 15 is 0 Å². The molecule has 1 N–H and O–H groups in total. The van der Waals surface area contributed by atoms with Crippen molar-refractivity contribution in [3.05, 3.63) is 38.6 Å². The average molecular weight is 364 g/mol. The number of rotatable bonds is 6. The number of aliphatic hydroxyl groups excluding tert-OH is 1. The first kappa shape index (κ1) is 13.0. The average Bonchev–Trinajstić information content (AvgIpc) is 2.92. The van der Waals surface area contributed by atoms with E-state index in [4.69, 9.17) is 4.74 Å². The fraction of sp³-hybridized carbons (Fsp3) is 0.364. The number of nitrogens with zero attached hydrogens (tertiary/aromatic N) is 2. The van der Waals surface area contributed by atoms with Crippen LogP contribution in [-0.2, 0) is 17.9 Å². The predicted molar refractivity (Wildman–Crippen MR) is 74.9 cm³/mol. The summed E-state index contributed by atoms with van der Waals surface area (Å²) in [5.74, 6) is 0. The molecular weight excluding hydrogens is 351 g/mol. The summed E-state index contributed by atoms with van der Waals surface area (Å²) >= 11 is 3.80. The van der Waals surface area contributed by atoms with Crippen molar-refractivity contribution in [2.24, 2.45) is 0 Å². The van der Waals surface area contributed by atoms with E-state index in [9.17, 15) is 5.11 Å². The molecule has 6 heteroatoms. The molecule has 17 heavy (non-hydrogen) atoms. The first-order chi connectivity index (χ1) is 8.25. The predicted octanol–water partition coefficient (Wildman–Crippen LogP) is 2.13. The molecular formula is C11H13IN2O2S. The Labute approximate surface area is 117 Å². The van der Waals surface area contributed by atoms with Gasteiger partial charge < -0.3 is 14.4 Å². The number of aromatic nitrogens is 2. The molecule has 0 saturated heterocycles. The molecule has 1 atom stereocenters. The maximum Gasteiger partial charge on any atom is 0.171 e. The zero-order valence-corrected chi connectivity index (χ0v) is 12.1. The van der Waals surface area contributed by atoms with E-state index in [1.807, 2.05) is 28.3 Å². The fourth-order valence-corrected chi connectivity index (χ4v) is 2.58. The van der Waals surface area contributed by atoms with E-state index in [1.165, 1.54) is 4.88 Å². The van der Waals surface area contributed by atoms with Gasteiger partial charge >= 0.3 is 0 Å². The molecule has 4 nitrogen and oxygen atoms in total. The topological polar surface area (TPSA) is 47.3 Å². The maximum atomic E-state index is 9.80. The van der Waals surface area contributed by atoms with Crippen LogP contribution in [0.4, 0.5) is 0 Å². The molecule has 0 amide bonds. The van der Waals surface area contributed by atoms with Crippen molar-refractivity contribution < 1.29 is 9.84 Å². The van der Waals surface area contributed by atoms with E-state index < -0.39 is 6.10 Å². The number of hydrogen-bond acceptors (Lipinski definition) is 4.